The fourth-order valence-corrected chi connectivity index (χ4v) is 2.66. The smallest absolute Gasteiger partial charge is 0.347 e. The molecule has 1 aromatic heterocycles. The minimum Gasteiger partial charge on any atom is -0.493 e. The van der Waals surface area contributed by atoms with Gasteiger partial charge in [-0.2, -0.15) is 0 Å². The van der Waals surface area contributed by atoms with Gasteiger partial charge in [-0.3, -0.25) is 0 Å². The van der Waals surface area contributed by atoms with Crippen LogP contribution in [0.15, 0.2) is 39.5 Å². The van der Waals surface area contributed by atoms with Crippen LogP contribution >= 0.6 is 11.6 Å². The second kappa shape index (κ2) is 7.03. The van der Waals surface area contributed by atoms with Gasteiger partial charge in [-0.25, -0.2) is 9.78 Å². The SMILES string of the molecule is CCOc1ccc(-c2nc3cc(OC)c(OC)cc3c(=O)o2)cc1Cl. The predicted molar refractivity (Wildman–Crippen MR) is 95.0 cm³/mol. The number of benzene rings is 2. The van der Waals surface area contributed by atoms with Crippen LogP contribution < -0.4 is 19.8 Å². The summed E-state index contributed by atoms with van der Waals surface area (Å²) < 4.78 is 21.2. The predicted octanol–water partition coefficient (Wildman–Crippen LogP) is 3.92. The Hall–Kier alpha value is -2.73. The molecule has 0 aliphatic rings. The third kappa shape index (κ3) is 3.25. The summed E-state index contributed by atoms with van der Waals surface area (Å²) in [4.78, 5) is 16.7. The van der Waals surface area contributed by atoms with Gasteiger partial charge in [-0.15, -0.1) is 0 Å². The summed E-state index contributed by atoms with van der Waals surface area (Å²) in [5, 5.41) is 0.717. The fraction of sp³-hybridized carbons (Fsp3) is 0.222. The molecule has 0 saturated heterocycles. The average molecular weight is 362 g/mol. The Balaban J connectivity index is 2.15. The number of hydrogen-bond acceptors (Lipinski definition) is 6. The first-order chi connectivity index (χ1) is 12.1. The number of fused-ring (bicyclic) bond motifs is 1. The summed E-state index contributed by atoms with van der Waals surface area (Å²) >= 11 is 6.19. The third-order valence-electron chi connectivity index (χ3n) is 3.61. The molecule has 0 atom stereocenters. The lowest BCUT2D eigenvalue weighted by molar-refractivity contribution is 0.340. The molecule has 0 amide bonds. The number of halogens is 1. The highest BCUT2D eigenvalue weighted by molar-refractivity contribution is 6.32. The first-order valence-corrected chi connectivity index (χ1v) is 7.94. The molecular weight excluding hydrogens is 346 g/mol. The van der Waals surface area contributed by atoms with Gasteiger partial charge in [0, 0.05) is 17.7 Å². The molecule has 3 rings (SSSR count). The molecule has 7 heteroatoms. The lowest BCUT2D eigenvalue weighted by Crippen LogP contribution is -2.04. The van der Waals surface area contributed by atoms with Crippen molar-refractivity contribution in [3.63, 3.8) is 0 Å². The van der Waals surface area contributed by atoms with E-state index in [1.807, 2.05) is 6.92 Å². The standard InChI is InChI=1S/C18H16ClNO5/c1-4-24-14-6-5-10(7-12(14)19)17-20-13-9-16(23-3)15(22-2)8-11(13)18(21)25-17/h5-9H,4H2,1-3H3. The Kier molecular flexibility index (Phi) is 4.81. The maximum atomic E-state index is 12.3. The van der Waals surface area contributed by atoms with E-state index in [-0.39, 0.29) is 5.89 Å². The van der Waals surface area contributed by atoms with E-state index in [0.29, 0.717) is 45.3 Å². The molecule has 0 unspecified atom stereocenters. The van der Waals surface area contributed by atoms with E-state index in [4.69, 9.17) is 30.2 Å². The van der Waals surface area contributed by atoms with Crippen LogP contribution in [0.4, 0.5) is 0 Å². The number of ether oxygens (including phenoxy) is 3. The van der Waals surface area contributed by atoms with E-state index in [1.165, 1.54) is 14.2 Å². The van der Waals surface area contributed by atoms with Crippen molar-refractivity contribution in [3.05, 3.63) is 45.8 Å². The first kappa shape index (κ1) is 17.1. The fourth-order valence-electron chi connectivity index (χ4n) is 2.43. The van der Waals surface area contributed by atoms with Crippen molar-refractivity contribution >= 4 is 22.5 Å². The summed E-state index contributed by atoms with van der Waals surface area (Å²) in [5.41, 5.74) is 0.488. The van der Waals surface area contributed by atoms with Crippen molar-refractivity contribution in [3.8, 4) is 28.7 Å². The van der Waals surface area contributed by atoms with Gasteiger partial charge in [0.2, 0.25) is 5.89 Å². The Morgan fingerprint density at radius 1 is 1.08 bits per heavy atom. The Bertz CT molecular complexity index is 983. The van der Waals surface area contributed by atoms with Crippen molar-refractivity contribution in [2.75, 3.05) is 20.8 Å². The van der Waals surface area contributed by atoms with Crippen molar-refractivity contribution in [1.29, 1.82) is 0 Å². The van der Waals surface area contributed by atoms with Crippen molar-refractivity contribution in [2.24, 2.45) is 0 Å². The molecule has 0 N–H and O–H groups in total. The highest BCUT2D eigenvalue weighted by atomic mass is 35.5. The van der Waals surface area contributed by atoms with Crippen molar-refractivity contribution in [2.45, 2.75) is 6.92 Å². The van der Waals surface area contributed by atoms with Gasteiger partial charge in [0.1, 0.15) is 5.75 Å². The molecule has 0 fully saturated rings. The summed E-state index contributed by atoms with van der Waals surface area (Å²) in [6, 6.07) is 8.26. The molecule has 2 aromatic carbocycles. The molecule has 0 bridgehead atoms. The third-order valence-corrected chi connectivity index (χ3v) is 3.91. The highest BCUT2D eigenvalue weighted by Crippen LogP contribution is 2.33. The molecule has 3 aromatic rings. The minimum atomic E-state index is -0.522. The van der Waals surface area contributed by atoms with E-state index in [2.05, 4.69) is 4.98 Å². The van der Waals surface area contributed by atoms with Crippen LogP contribution in [0.5, 0.6) is 17.2 Å². The molecule has 25 heavy (non-hydrogen) atoms. The average Bonchev–Trinajstić information content (AvgIpc) is 2.62. The van der Waals surface area contributed by atoms with Crippen molar-refractivity contribution in [1.82, 2.24) is 4.98 Å². The van der Waals surface area contributed by atoms with Gasteiger partial charge in [0.25, 0.3) is 0 Å². The monoisotopic (exact) mass is 361 g/mol. The lowest BCUT2D eigenvalue weighted by atomic mass is 10.2. The van der Waals surface area contributed by atoms with Crippen LogP contribution in [0.25, 0.3) is 22.4 Å². The second-order valence-electron chi connectivity index (χ2n) is 5.11. The van der Waals surface area contributed by atoms with Crippen LogP contribution in [-0.2, 0) is 0 Å². The van der Waals surface area contributed by atoms with Gasteiger partial charge in [-0.05, 0) is 25.1 Å². The second-order valence-corrected chi connectivity index (χ2v) is 5.52. The molecule has 0 saturated carbocycles. The molecule has 130 valence electrons. The molecule has 0 aliphatic heterocycles. The van der Waals surface area contributed by atoms with E-state index in [0.717, 1.165) is 0 Å². The van der Waals surface area contributed by atoms with Gasteiger partial charge < -0.3 is 18.6 Å². The van der Waals surface area contributed by atoms with Gasteiger partial charge in [0.15, 0.2) is 11.5 Å². The number of hydrogen-bond donors (Lipinski definition) is 0. The summed E-state index contributed by atoms with van der Waals surface area (Å²) in [6.45, 7) is 2.37. The van der Waals surface area contributed by atoms with E-state index in [9.17, 15) is 4.79 Å². The minimum absolute atomic E-state index is 0.162. The van der Waals surface area contributed by atoms with E-state index < -0.39 is 5.63 Å². The molecular formula is C18H16ClNO5. The van der Waals surface area contributed by atoms with Crippen LogP contribution in [0.3, 0.4) is 0 Å². The Labute approximate surface area is 148 Å². The molecule has 0 aliphatic carbocycles. The first-order valence-electron chi connectivity index (χ1n) is 7.57. The quantitative estimate of drug-likeness (QED) is 0.685. The number of rotatable bonds is 5. The zero-order valence-corrected chi connectivity index (χ0v) is 14.7. The number of nitrogens with zero attached hydrogens (tertiary/aromatic N) is 1. The van der Waals surface area contributed by atoms with E-state index in [1.54, 1.807) is 30.3 Å². The summed E-state index contributed by atoms with van der Waals surface area (Å²) in [5.74, 6) is 1.63. The van der Waals surface area contributed by atoms with Crippen LogP contribution in [0.2, 0.25) is 5.02 Å². The van der Waals surface area contributed by atoms with Crippen LogP contribution in [-0.4, -0.2) is 25.8 Å². The maximum absolute atomic E-state index is 12.3. The highest BCUT2D eigenvalue weighted by Gasteiger charge is 2.14. The van der Waals surface area contributed by atoms with E-state index >= 15 is 0 Å². The summed E-state index contributed by atoms with van der Waals surface area (Å²) in [6.07, 6.45) is 0. The Morgan fingerprint density at radius 2 is 1.80 bits per heavy atom. The molecule has 0 radical (unpaired) electrons. The normalized spacial score (nSPS) is 10.7. The number of aromatic nitrogens is 1. The topological polar surface area (TPSA) is 70.8 Å². The maximum Gasteiger partial charge on any atom is 0.347 e. The van der Waals surface area contributed by atoms with Gasteiger partial charge in [-0.1, -0.05) is 11.6 Å². The largest absolute Gasteiger partial charge is 0.493 e. The number of methoxy groups -OCH3 is 2. The van der Waals surface area contributed by atoms with Crippen molar-refractivity contribution < 1.29 is 18.6 Å². The lowest BCUT2D eigenvalue weighted by Gasteiger charge is -2.09. The zero-order valence-electron chi connectivity index (χ0n) is 14.0. The molecule has 1 heterocycles. The van der Waals surface area contributed by atoms with Crippen LogP contribution in [0, 0.1) is 0 Å². The molecule has 6 nitrogen and oxygen atoms in total. The van der Waals surface area contributed by atoms with Crippen LogP contribution in [0.1, 0.15) is 6.92 Å². The Morgan fingerprint density at radius 3 is 2.44 bits per heavy atom. The zero-order chi connectivity index (χ0) is 18.0. The summed E-state index contributed by atoms with van der Waals surface area (Å²) in [7, 11) is 3.01. The van der Waals surface area contributed by atoms with Gasteiger partial charge in [0.05, 0.1) is 36.8 Å². The van der Waals surface area contributed by atoms with Gasteiger partial charge >= 0.3 is 5.63 Å². The molecule has 0 spiro atoms.